The van der Waals surface area contributed by atoms with Crippen LogP contribution < -0.4 is 5.32 Å². The first-order chi connectivity index (χ1) is 8.88. The molecule has 0 fully saturated rings. The van der Waals surface area contributed by atoms with Gasteiger partial charge in [0, 0.05) is 29.2 Å². The second kappa shape index (κ2) is 5.23. The Bertz CT molecular complexity index is 578. The monoisotopic (exact) mass is 262 g/mol. The van der Waals surface area contributed by atoms with Crippen LogP contribution in [-0.4, -0.2) is 22.2 Å². The number of β-amino-alcohol motifs (C(OH)–C–C–N with tert-alkyl or cyclic N) is 1. The molecule has 1 atom stereocenters. The first-order valence-electron chi connectivity index (χ1n) is 6.35. The van der Waals surface area contributed by atoms with Gasteiger partial charge in [0.2, 0.25) is 0 Å². The average Bonchev–Trinajstić information content (AvgIpc) is 2.36. The Morgan fingerprint density at radius 1 is 1.32 bits per heavy atom. The molecule has 2 N–H and O–H groups in total. The summed E-state index contributed by atoms with van der Waals surface area (Å²) in [5.41, 5.74) is 1.09. The second-order valence-corrected chi connectivity index (χ2v) is 5.68. The lowest BCUT2D eigenvalue weighted by atomic mass is 10.0. The van der Waals surface area contributed by atoms with Crippen LogP contribution in [-0.2, 0) is 0 Å². The zero-order valence-electron chi connectivity index (χ0n) is 11.4. The predicted molar refractivity (Wildman–Crippen MR) is 74.4 cm³/mol. The number of nitrogens with zero attached hydrogens (tertiary/aromatic N) is 1. The van der Waals surface area contributed by atoms with E-state index in [9.17, 15) is 9.50 Å². The minimum Gasteiger partial charge on any atom is -0.387 e. The topological polar surface area (TPSA) is 45.1 Å². The van der Waals surface area contributed by atoms with Gasteiger partial charge in [-0.05, 0) is 39.0 Å². The quantitative estimate of drug-likeness (QED) is 0.894. The molecule has 0 aliphatic heterocycles. The molecule has 0 amide bonds. The molecule has 0 radical (unpaired) electrons. The predicted octanol–water partition coefficient (Wildman–Crippen LogP) is 2.80. The summed E-state index contributed by atoms with van der Waals surface area (Å²) in [6.07, 6.45) is 0.895. The van der Waals surface area contributed by atoms with Gasteiger partial charge in [0.05, 0.1) is 11.6 Å². The number of benzene rings is 1. The van der Waals surface area contributed by atoms with E-state index in [1.807, 2.05) is 20.8 Å². The molecule has 4 heteroatoms. The number of halogens is 1. The third-order valence-electron chi connectivity index (χ3n) is 2.93. The van der Waals surface area contributed by atoms with Gasteiger partial charge in [0.25, 0.3) is 0 Å². The van der Waals surface area contributed by atoms with Crippen LogP contribution in [0.4, 0.5) is 4.39 Å². The smallest absolute Gasteiger partial charge is 0.132 e. The molecule has 0 spiro atoms. The fourth-order valence-corrected chi connectivity index (χ4v) is 1.94. The van der Waals surface area contributed by atoms with Gasteiger partial charge in [-0.15, -0.1) is 0 Å². The Labute approximate surface area is 112 Å². The van der Waals surface area contributed by atoms with Crippen molar-refractivity contribution in [3.05, 3.63) is 41.8 Å². The van der Waals surface area contributed by atoms with Gasteiger partial charge in [0.15, 0.2) is 0 Å². The molecule has 0 saturated heterocycles. The number of pyridine rings is 1. The van der Waals surface area contributed by atoms with Crippen molar-refractivity contribution in [2.24, 2.45) is 0 Å². The van der Waals surface area contributed by atoms with Gasteiger partial charge in [-0.2, -0.15) is 0 Å². The molecule has 0 aliphatic carbocycles. The van der Waals surface area contributed by atoms with Crippen molar-refractivity contribution in [3.63, 3.8) is 0 Å². The van der Waals surface area contributed by atoms with E-state index in [2.05, 4.69) is 10.3 Å². The van der Waals surface area contributed by atoms with E-state index in [1.165, 1.54) is 6.07 Å². The van der Waals surface area contributed by atoms with E-state index in [0.717, 1.165) is 0 Å². The number of hydrogen-bond donors (Lipinski definition) is 2. The molecule has 0 saturated carbocycles. The second-order valence-electron chi connectivity index (χ2n) is 5.68. The van der Waals surface area contributed by atoms with Crippen LogP contribution in [0.25, 0.3) is 10.9 Å². The number of hydrogen-bond acceptors (Lipinski definition) is 3. The van der Waals surface area contributed by atoms with Crippen LogP contribution in [0.15, 0.2) is 30.5 Å². The number of fused-ring (bicyclic) bond motifs is 1. The molecule has 19 heavy (non-hydrogen) atoms. The summed E-state index contributed by atoms with van der Waals surface area (Å²) in [6, 6.07) is 6.33. The van der Waals surface area contributed by atoms with E-state index in [-0.39, 0.29) is 11.4 Å². The minimum absolute atomic E-state index is 0.0791. The van der Waals surface area contributed by atoms with Gasteiger partial charge < -0.3 is 10.4 Å². The highest BCUT2D eigenvalue weighted by atomic mass is 19.1. The first kappa shape index (κ1) is 13.9. The van der Waals surface area contributed by atoms with Crippen molar-refractivity contribution < 1.29 is 9.50 Å². The fourth-order valence-electron chi connectivity index (χ4n) is 1.94. The molecule has 1 heterocycles. The summed E-state index contributed by atoms with van der Waals surface area (Å²) < 4.78 is 13.7. The molecular weight excluding hydrogens is 243 g/mol. The van der Waals surface area contributed by atoms with E-state index in [1.54, 1.807) is 24.4 Å². The molecule has 0 unspecified atom stereocenters. The Morgan fingerprint density at radius 2 is 2.05 bits per heavy atom. The Hall–Kier alpha value is -1.52. The van der Waals surface area contributed by atoms with Crippen molar-refractivity contribution in [2.45, 2.75) is 32.4 Å². The van der Waals surface area contributed by atoms with Gasteiger partial charge in [-0.3, -0.25) is 4.98 Å². The van der Waals surface area contributed by atoms with Crippen LogP contribution in [0, 0.1) is 5.82 Å². The number of rotatable bonds is 3. The summed E-state index contributed by atoms with van der Waals surface area (Å²) >= 11 is 0. The van der Waals surface area contributed by atoms with E-state index >= 15 is 0 Å². The van der Waals surface area contributed by atoms with Crippen LogP contribution in [0.3, 0.4) is 0 Å². The lowest BCUT2D eigenvalue weighted by Gasteiger charge is -2.23. The van der Waals surface area contributed by atoms with Crippen molar-refractivity contribution in [1.82, 2.24) is 10.3 Å². The zero-order valence-corrected chi connectivity index (χ0v) is 11.4. The van der Waals surface area contributed by atoms with Gasteiger partial charge >= 0.3 is 0 Å². The summed E-state index contributed by atoms with van der Waals surface area (Å²) in [6.45, 7) is 6.49. The molecule has 0 aliphatic rings. The summed E-state index contributed by atoms with van der Waals surface area (Å²) in [5.74, 6) is -0.317. The molecule has 0 bridgehead atoms. The molecule has 2 aromatic rings. The van der Waals surface area contributed by atoms with Crippen LogP contribution in [0.2, 0.25) is 0 Å². The number of aliphatic hydroxyl groups excluding tert-OH is 1. The van der Waals surface area contributed by atoms with Crippen molar-refractivity contribution in [2.75, 3.05) is 6.54 Å². The summed E-state index contributed by atoms with van der Waals surface area (Å²) in [4.78, 5) is 4.18. The maximum atomic E-state index is 13.7. The summed E-state index contributed by atoms with van der Waals surface area (Å²) in [7, 11) is 0. The first-order valence-corrected chi connectivity index (χ1v) is 6.35. The summed E-state index contributed by atoms with van der Waals surface area (Å²) in [5, 5.41) is 13.9. The normalized spacial score (nSPS) is 13.7. The maximum absolute atomic E-state index is 13.7. The molecule has 3 nitrogen and oxygen atoms in total. The Kier molecular flexibility index (Phi) is 3.83. The van der Waals surface area contributed by atoms with Crippen LogP contribution in [0.1, 0.15) is 32.4 Å². The molecular formula is C15H19FN2O. The third kappa shape index (κ3) is 3.28. The van der Waals surface area contributed by atoms with Gasteiger partial charge in [0.1, 0.15) is 5.82 Å². The number of nitrogens with one attached hydrogen (secondary N) is 1. The highest BCUT2D eigenvalue weighted by Crippen LogP contribution is 2.24. The number of aliphatic hydroxyl groups is 1. The van der Waals surface area contributed by atoms with Crippen LogP contribution in [0.5, 0.6) is 0 Å². The van der Waals surface area contributed by atoms with Gasteiger partial charge in [-0.25, -0.2) is 4.39 Å². The van der Waals surface area contributed by atoms with Crippen LogP contribution >= 0.6 is 0 Å². The Balaban J connectivity index is 2.32. The lowest BCUT2D eigenvalue weighted by Crippen LogP contribution is -2.38. The largest absolute Gasteiger partial charge is 0.387 e. The number of aromatic nitrogens is 1. The molecule has 1 aromatic heterocycles. The van der Waals surface area contributed by atoms with E-state index in [4.69, 9.17) is 0 Å². The minimum atomic E-state index is -0.711. The zero-order chi connectivity index (χ0) is 14.0. The van der Waals surface area contributed by atoms with E-state index < -0.39 is 6.10 Å². The molecule has 2 rings (SSSR count). The maximum Gasteiger partial charge on any atom is 0.132 e. The lowest BCUT2D eigenvalue weighted by molar-refractivity contribution is 0.164. The molecule has 1 aromatic carbocycles. The molecule has 102 valence electrons. The standard InChI is InChI=1S/C15H19FN2O/c1-15(2,3)18-9-13(19)11-6-7-12(16)10-5-4-8-17-14(10)11/h4-8,13,18-19H,9H2,1-3H3/t13-/m1/s1. The van der Waals surface area contributed by atoms with Gasteiger partial charge in [-0.1, -0.05) is 6.07 Å². The highest BCUT2D eigenvalue weighted by Gasteiger charge is 2.17. The SMILES string of the molecule is CC(C)(C)NC[C@@H](O)c1ccc(F)c2cccnc12. The highest BCUT2D eigenvalue weighted by molar-refractivity contribution is 5.82. The van der Waals surface area contributed by atoms with Crippen molar-refractivity contribution in [1.29, 1.82) is 0 Å². The third-order valence-corrected chi connectivity index (χ3v) is 2.93. The van der Waals surface area contributed by atoms with Crippen molar-refractivity contribution >= 4 is 10.9 Å². The fraction of sp³-hybridized carbons (Fsp3) is 0.400. The average molecular weight is 262 g/mol. The Morgan fingerprint density at radius 3 is 2.74 bits per heavy atom. The van der Waals surface area contributed by atoms with E-state index in [0.29, 0.717) is 23.0 Å². The van der Waals surface area contributed by atoms with Crippen molar-refractivity contribution in [3.8, 4) is 0 Å².